The van der Waals surface area contributed by atoms with Crippen LogP contribution < -0.4 is 4.74 Å². The van der Waals surface area contributed by atoms with Crippen molar-refractivity contribution >= 4 is 15.9 Å². The van der Waals surface area contributed by atoms with Gasteiger partial charge in [0, 0.05) is 36.1 Å². The largest absolute Gasteiger partial charge is 0.493 e. The fourth-order valence-corrected chi connectivity index (χ4v) is 3.63. The van der Waals surface area contributed by atoms with Gasteiger partial charge in [-0.1, -0.05) is 15.9 Å². The van der Waals surface area contributed by atoms with Crippen LogP contribution in [0.4, 0.5) is 0 Å². The van der Waals surface area contributed by atoms with Gasteiger partial charge < -0.3 is 14.6 Å². The van der Waals surface area contributed by atoms with Gasteiger partial charge >= 0.3 is 0 Å². The number of hydrogen-bond acceptors (Lipinski definition) is 4. The summed E-state index contributed by atoms with van der Waals surface area (Å²) in [5, 5.41) is 9.31. The van der Waals surface area contributed by atoms with E-state index in [1.807, 2.05) is 0 Å². The van der Waals surface area contributed by atoms with Gasteiger partial charge in [0.25, 0.3) is 0 Å². The predicted molar refractivity (Wildman–Crippen MR) is 80.0 cm³/mol. The van der Waals surface area contributed by atoms with Crippen LogP contribution in [0.15, 0.2) is 16.6 Å². The summed E-state index contributed by atoms with van der Waals surface area (Å²) in [7, 11) is 0. The average molecular weight is 342 g/mol. The number of hydrogen-bond donors (Lipinski definition) is 1. The van der Waals surface area contributed by atoms with Crippen LogP contribution in [0, 0.1) is 0 Å². The van der Waals surface area contributed by atoms with Gasteiger partial charge in [0.2, 0.25) is 0 Å². The molecule has 1 N–H and O–H groups in total. The van der Waals surface area contributed by atoms with Crippen molar-refractivity contribution in [3.05, 3.63) is 27.7 Å². The molecule has 110 valence electrons. The lowest BCUT2D eigenvalue weighted by atomic mass is 10.1. The Bertz CT molecular complexity index is 494. The molecule has 1 aromatic rings. The van der Waals surface area contributed by atoms with Crippen molar-refractivity contribution < 1.29 is 14.6 Å². The molecule has 2 aliphatic rings. The summed E-state index contributed by atoms with van der Waals surface area (Å²) in [6.07, 6.45) is 1.06. The zero-order valence-electron chi connectivity index (χ0n) is 11.6. The van der Waals surface area contributed by atoms with E-state index in [0.29, 0.717) is 0 Å². The van der Waals surface area contributed by atoms with E-state index >= 15 is 0 Å². The van der Waals surface area contributed by atoms with Gasteiger partial charge in [-0.15, -0.1) is 0 Å². The van der Waals surface area contributed by atoms with Gasteiger partial charge in [-0.25, -0.2) is 0 Å². The number of fused-ring (bicyclic) bond motifs is 1. The van der Waals surface area contributed by atoms with Gasteiger partial charge in [-0.2, -0.15) is 0 Å². The zero-order valence-corrected chi connectivity index (χ0v) is 13.2. The summed E-state index contributed by atoms with van der Waals surface area (Å²) in [6, 6.07) is 4.28. The summed E-state index contributed by atoms with van der Waals surface area (Å²) in [4.78, 5) is 2.33. The fraction of sp³-hybridized carbons (Fsp3) is 0.600. The Hall–Kier alpha value is -0.620. The Kier molecular flexibility index (Phi) is 4.31. The van der Waals surface area contributed by atoms with E-state index in [2.05, 4.69) is 39.9 Å². The molecule has 2 aliphatic heterocycles. The highest BCUT2D eigenvalue weighted by Gasteiger charge is 2.26. The van der Waals surface area contributed by atoms with E-state index in [1.165, 1.54) is 11.1 Å². The van der Waals surface area contributed by atoms with E-state index in [9.17, 15) is 5.11 Å². The molecule has 4 nitrogen and oxygen atoms in total. The van der Waals surface area contributed by atoms with Crippen molar-refractivity contribution in [2.24, 2.45) is 0 Å². The van der Waals surface area contributed by atoms with Gasteiger partial charge in [-0.3, -0.25) is 4.90 Å². The van der Waals surface area contributed by atoms with E-state index in [4.69, 9.17) is 9.47 Å². The lowest BCUT2D eigenvalue weighted by Gasteiger charge is -2.36. The van der Waals surface area contributed by atoms with Crippen molar-refractivity contribution in [2.75, 3.05) is 26.3 Å². The second-order valence-corrected chi connectivity index (χ2v) is 6.51. The minimum absolute atomic E-state index is 0.0773. The van der Waals surface area contributed by atoms with Crippen LogP contribution in [0.25, 0.3) is 0 Å². The molecule has 0 aliphatic carbocycles. The normalized spacial score (nSPS) is 26.4. The number of halogens is 1. The maximum atomic E-state index is 9.31. The first kappa shape index (κ1) is 14.3. The number of nitrogens with zero attached hydrogens (tertiary/aromatic N) is 1. The van der Waals surface area contributed by atoms with Crippen LogP contribution in [0.3, 0.4) is 0 Å². The highest BCUT2D eigenvalue weighted by atomic mass is 79.9. The monoisotopic (exact) mass is 341 g/mol. The number of aliphatic hydroxyl groups excluding tert-OH is 1. The van der Waals surface area contributed by atoms with Gasteiger partial charge in [0.05, 0.1) is 25.4 Å². The minimum Gasteiger partial charge on any atom is -0.493 e. The Morgan fingerprint density at radius 3 is 3.05 bits per heavy atom. The lowest BCUT2D eigenvalue weighted by molar-refractivity contribution is -0.0973. The number of morpholine rings is 1. The van der Waals surface area contributed by atoms with Gasteiger partial charge in [0.1, 0.15) is 5.75 Å². The van der Waals surface area contributed by atoms with E-state index in [0.717, 1.165) is 42.9 Å². The molecular formula is C15H20BrNO3. The van der Waals surface area contributed by atoms with E-state index in [1.54, 1.807) is 0 Å². The second-order valence-electron chi connectivity index (χ2n) is 5.60. The molecule has 0 radical (unpaired) electrons. The fourth-order valence-electron chi connectivity index (χ4n) is 3.07. The smallest absolute Gasteiger partial charge is 0.127 e. The highest BCUT2D eigenvalue weighted by Crippen LogP contribution is 2.34. The molecule has 2 unspecified atom stereocenters. The standard InChI is InChI=1S/C15H20BrNO3/c1-10-6-17(8-14(9-18)20-10)7-12-5-13(16)4-11-2-3-19-15(11)12/h4-5,10,14,18H,2-3,6-9H2,1H3. The summed E-state index contributed by atoms with van der Waals surface area (Å²) in [6.45, 7) is 5.40. The molecule has 2 heterocycles. The van der Waals surface area contributed by atoms with Crippen molar-refractivity contribution in [1.82, 2.24) is 4.90 Å². The molecular weight excluding hydrogens is 322 g/mol. The topological polar surface area (TPSA) is 41.9 Å². The molecule has 2 atom stereocenters. The maximum absolute atomic E-state index is 9.31. The molecule has 1 saturated heterocycles. The summed E-state index contributed by atoms with van der Waals surface area (Å²) in [5.74, 6) is 1.05. The SMILES string of the molecule is CC1CN(Cc2cc(Br)cc3c2OCC3)CC(CO)O1. The first-order valence-electron chi connectivity index (χ1n) is 7.08. The Morgan fingerprint density at radius 2 is 2.25 bits per heavy atom. The number of rotatable bonds is 3. The summed E-state index contributed by atoms with van der Waals surface area (Å²) >= 11 is 3.58. The number of benzene rings is 1. The highest BCUT2D eigenvalue weighted by molar-refractivity contribution is 9.10. The third kappa shape index (κ3) is 3.01. The Morgan fingerprint density at radius 1 is 1.40 bits per heavy atom. The average Bonchev–Trinajstić information content (AvgIpc) is 2.86. The molecule has 20 heavy (non-hydrogen) atoms. The molecule has 0 bridgehead atoms. The van der Waals surface area contributed by atoms with Gasteiger partial charge in [-0.05, 0) is 24.6 Å². The maximum Gasteiger partial charge on any atom is 0.127 e. The van der Waals surface area contributed by atoms with Crippen LogP contribution in [-0.2, 0) is 17.7 Å². The van der Waals surface area contributed by atoms with Crippen molar-refractivity contribution in [3.8, 4) is 5.75 Å². The molecule has 0 aromatic heterocycles. The minimum atomic E-state index is -0.0835. The summed E-state index contributed by atoms with van der Waals surface area (Å²) < 4.78 is 12.6. The molecule has 0 saturated carbocycles. The van der Waals surface area contributed by atoms with Crippen LogP contribution in [0.2, 0.25) is 0 Å². The first-order valence-corrected chi connectivity index (χ1v) is 7.87. The molecule has 0 amide bonds. The Labute approximate surface area is 127 Å². The molecule has 0 spiro atoms. The second kappa shape index (κ2) is 6.02. The van der Waals surface area contributed by atoms with Crippen LogP contribution in [-0.4, -0.2) is 48.5 Å². The Balaban J connectivity index is 1.77. The van der Waals surface area contributed by atoms with Crippen LogP contribution in [0.5, 0.6) is 5.75 Å². The zero-order chi connectivity index (χ0) is 14.1. The first-order chi connectivity index (χ1) is 9.65. The van der Waals surface area contributed by atoms with Crippen molar-refractivity contribution in [2.45, 2.75) is 32.1 Å². The molecule has 1 aromatic carbocycles. The molecule has 5 heteroatoms. The van der Waals surface area contributed by atoms with Gasteiger partial charge in [0.15, 0.2) is 0 Å². The number of ether oxygens (including phenoxy) is 2. The van der Waals surface area contributed by atoms with Crippen molar-refractivity contribution in [1.29, 1.82) is 0 Å². The van der Waals surface area contributed by atoms with E-state index in [-0.39, 0.29) is 18.8 Å². The third-order valence-corrected chi connectivity index (χ3v) is 4.28. The van der Waals surface area contributed by atoms with Crippen LogP contribution >= 0.6 is 15.9 Å². The predicted octanol–water partition coefficient (Wildman–Crippen LogP) is 1.97. The molecule has 1 fully saturated rings. The van der Waals surface area contributed by atoms with Crippen molar-refractivity contribution in [3.63, 3.8) is 0 Å². The third-order valence-electron chi connectivity index (χ3n) is 3.82. The number of aliphatic hydroxyl groups is 1. The lowest BCUT2D eigenvalue weighted by Crippen LogP contribution is -2.47. The van der Waals surface area contributed by atoms with E-state index < -0.39 is 0 Å². The quantitative estimate of drug-likeness (QED) is 0.912. The summed E-state index contributed by atoms with van der Waals surface area (Å²) in [5.41, 5.74) is 2.51. The molecule has 3 rings (SSSR count). The van der Waals surface area contributed by atoms with Crippen LogP contribution in [0.1, 0.15) is 18.1 Å².